The lowest BCUT2D eigenvalue weighted by Crippen LogP contribution is -2.34. The predicted octanol–water partition coefficient (Wildman–Crippen LogP) is 2.49. The van der Waals surface area contributed by atoms with Gasteiger partial charge in [-0.05, 0) is 29.8 Å². The second-order valence-corrected chi connectivity index (χ2v) is 8.84. The number of fused-ring (bicyclic) bond motifs is 1. The normalized spacial score (nSPS) is 12.9. The van der Waals surface area contributed by atoms with Gasteiger partial charge < -0.3 is 13.9 Å². The molecule has 0 saturated heterocycles. The number of aryl methyl sites for hydroxylation is 2. The van der Waals surface area contributed by atoms with E-state index in [1.54, 1.807) is 30.4 Å². The summed E-state index contributed by atoms with van der Waals surface area (Å²) < 4.78 is 37.8. The van der Waals surface area contributed by atoms with Crippen LogP contribution in [0.2, 0.25) is 0 Å². The summed E-state index contributed by atoms with van der Waals surface area (Å²) in [5.74, 6) is 1.16. The van der Waals surface area contributed by atoms with E-state index in [1.165, 1.54) is 0 Å². The third-order valence-corrected chi connectivity index (χ3v) is 6.28. The first-order valence-corrected chi connectivity index (χ1v) is 11.1. The molecular formula is C21H23N5O3S. The van der Waals surface area contributed by atoms with Crippen molar-refractivity contribution in [3.8, 4) is 5.75 Å². The zero-order chi connectivity index (χ0) is 21.1. The van der Waals surface area contributed by atoms with Crippen molar-refractivity contribution in [2.75, 3.05) is 12.9 Å². The maximum atomic E-state index is 13.0. The van der Waals surface area contributed by atoms with E-state index in [0.717, 1.165) is 16.6 Å². The van der Waals surface area contributed by atoms with Gasteiger partial charge in [-0.1, -0.05) is 24.3 Å². The molecule has 4 rings (SSSR count). The molecule has 2 heterocycles. The molecule has 0 amide bonds. The van der Waals surface area contributed by atoms with Crippen LogP contribution in [0.5, 0.6) is 5.75 Å². The molecule has 2 aromatic carbocycles. The van der Waals surface area contributed by atoms with Crippen molar-refractivity contribution in [2.45, 2.75) is 12.6 Å². The second kappa shape index (κ2) is 8.29. The Kier molecular flexibility index (Phi) is 5.56. The van der Waals surface area contributed by atoms with E-state index in [1.807, 2.05) is 60.1 Å². The first-order chi connectivity index (χ1) is 14.5. The number of benzene rings is 2. The highest BCUT2D eigenvalue weighted by Gasteiger charge is 2.25. The van der Waals surface area contributed by atoms with Crippen LogP contribution in [0.15, 0.2) is 67.3 Å². The molecule has 2 aromatic heterocycles. The van der Waals surface area contributed by atoms with Crippen LogP contribution in [0, 0.1) is 0 Å². The molecule has 0 bridgehead atoms. The molecule has 1 atom stereocenters. The molecule has 156 valence electrons. The molecule has 0 aliphatic carbocycles. The van der Waals surface area contributed by atoms with Crippen molar-refractivity contribution in [1.82, 2.24) is 23.8 Å². The molecule has 0 aliphatic rings. The lowest BCUT2D eigenvalue weighted by atomic mass is 10.1. The highest BCUT2D eigenvalue weighted by molar-refractivity contribution is 7.89. The molecule has 0 radical (unpaired) electrons. The van der Waals surface area contributed by atoms with Gasteiger partial charge in [0.15, 0.2) is 0 Å². The molecule has 0 aliphatic heterocycles. The summed E-state index contributed by atoms with van der Waals surface area (Å²) in [6.07, 6.45) is 5.10. The summed E-state index contributed by atoms with van der Waals surface area (Å²) in [5, 5.41) is 0. The fraction of sp³-hybridized carbons (Fsp3) is 0.238. The van der Waals surface area contributed by atoms with E-state index in [2.05, 4.69) is 14.7 Å². The van der Waals surface area contributed by atoms with Gasteiger partial charge in [0.1, 0.15) is 17.6 Å². The smallest absolute Gasteiger partial charge is 0.214 e. The minimum Gasteiger partial charge on any atom is -0.497 e. The molecule has 30 heavy (non-hydrogen) atoms. The Morgan fingerprint density at radius 3 is 2.73 bits per heavy atom. The zero-order valence-corrected chi connectivity index (χ0v) is 17.6. The van der Waals surface area contributed by atoms with E-state index in [0.29, 0.717) is 18.1 Å². The topological polar surface area (TPSA) is 91.0 Å². The number of para-hydroxylation sites is 2. The SMILES string of the molecule is COc1cccc([C@@H](NS(=O)(=O)CCn2cnc3ccccc32)c2nccn2C)c1. The highest BCUT2D eigenvalue weighted by Crippen LogP contribution is 2.25. The van der Waals surface area contributed by atoms with Gasteiger partial charge in [0.2, 0.25) is 10.0 Å². The quantitative estimate of drug-likeness (QED) is 0.468. The first kappa shape index (κ1) is 20.1. The third kappa shape index (κ3) is 4.22. The van der Waals surface area contributed by atoms with E-state index in [4.69, 9.17) is 4.74 Å². The van der Waals surface area contributed by atoms with Gasteiger partial charge in [-0.2, -0.15) is 0 Å². The number of methoxy groups -OCH3 is 1. The number of aromatic nitrogens is 4. The van der Waals surface area contributed by atoms with Crippen molar-refractivity contribution in [3.05, 3.63) is 78.6 Å². The maximum absolute atomic E-state index is 13.0. The minimum absolute atomic E-state index is 0.0851. The maximum Gasteiger partial charge on any atom is 0.214 e. The fourth-order valence-corrected chi connectivity index (χ4v) is 4.55. The van der Waals surface area contributed by atoms with Gasteiger partial charge >= 0.3 is 0 Å². The Labute approximate surface area is 175 Å². The molecule has 9 heteroatoms. The number of nitrogens with zero attached hydrogens (tertiary/aromatic N) is 4. The monoisotopic (exact) mass is 425 g/mol. The van der Waals surface area contributed by atoms with Crippen LogP contribution in [-0.2, 0) is 23.6 Å². The number of imidazole rings is 2. The van der Waals surface area contributed by atoms with E-state index >= 15 is 0 Å². The average Bonchev–Trinajstić information content (AvgIpc) is 3.37. The Balaban J connectivity index is 1.59. The Hall–Kier alpha value is -3.17. The van der Waals surface area contributed by atoms with Gasteiger partial charge in [-0.3, -0.25) is 0 Å². The number of sulfonamides is 1. The van der Waals surface area contributed by atoms with Crippen LogP contribution < -0.4 is 9.46 Å². The average molecular weight is 426 g/mol. The van der Waals surface area contributed by atoms with E-state index in [-0.39, 0.29) is 5.75 Å². The number of ether oxygens (including phenoxy) is 1. The Morgan fingerprint density at radius 2 is 1.97 bits per heavy atom. The van der Waals surface area contributed by atoms with Crippen molar-refractivity contribution in [1.29, 1.82) is 0 Å². The zero-order valence-electron chi connectivity index (χ0n) is 16.8. The predicted molar refractivity (Wildman–Crippen MR) is 115 cm³/mol. The summed E-state index contributed by atoms with van der Waals surface area (Å²) in [4.78, 5) is 8.68. The van der Waals surface area contributed by atoms with Gasteiger partial charge in [0, 0.05) is 26.0 Å². The molecule has 0 saturated carbocycles. The lowest BCUT2D eigenvalue weighted by molar-refractivity contribution is 0.413. The fourth-order valence-electron chi connectivity index (χ4n) is 3.39. The molecular weight excluding hydrogens is 402 g/mol. The van der Waals surface area contributed by atoms with Crippen molar-refractivity contribution >= 4 is 21.1 Å². The molecule has 0 fully saturated rings. The van der Waals surface area contributed by atoms with Gasteiger partial charge in [0.05, 0.1) is 30.2 Å². The van der Waals surface area contributed by atoms with Crippen LogP contribution in [0.1, 0.15) is 17.4 Å². The minimum atomic E-state index is -3.63. The largest absolute Gasteiger partial charge is 0.497 e. The van der Waals surface area contributed by atoms with E-state index < -0.39 is 16.1 Å². The van der Waals surface area contributed by atoms with Crippen LogP contribution in [0.4, 0.5) is 0 Å². The third-order valence-electron chi connectivity index (χ3n) is 4.97. The summed E-state index contributed by atoms with van der Waals surface area (Å²) in [5.41, 5.74) is 2.49. The van der Waals surface area contributed by atoms with Crippen LogP contribution in [-0.4, -0.2) is 40.4 Å². The van der Waals surface area contributed by atoms with Crippen molar-refractivity contribution in [3.63, 3.8) is 0 Å². The number of hydrogen-bond acceptors (Lipinski definition) is 5. The highest BCUT2D eigenvalue weighted by atomic mass is 32.2. The number of hydrogen-bond donors (Lipinski definition) is 1. The standard InChI is InChI=1S/C21H23N5O3S/c1-25-11-10-22-21(25)20(16-6-5-7-17(14-16)29-2)24-30(27,28)13-12-26-15-23-18-8-3-4-9-19(18)26/h3-11,14-15,20,24H,12-13H2,1-2H3/t20-/m1/s1. The van der Waals surface area contributed by atoms with Crippen molar-refractivity contribution < 1.29 is 13.2 Å². The summed E-state index contributed by atoms with van der Waals surface area (Å²) in [7, 11) is -0.216. The first-order valence-electron chi connectivity index (χ1n) is 9.48. The lowest BCUT2D eigenvalue weighted by Gasteiger charge is -2.20. The van der Waals surface area contributed by atoms with Crippen LogP contribution in [0.25, 0.3) is 11.0 Å². The second-order valence-electron chi connectivity index (χ2n) is 6.97. The summed E-state index contributed by atoms with van der Waals surface area (Å²) in [6.45, 7) is 0.293. The number of nitrogens with one attached hydrogen (secondary N) is 1. The summed E-state index contributed by atoms with van der Waals surface area (Å²) in [6, 6.07) is 14.3. The molecule has 0 unspecified atom stereocenters. The Bertz CT molecular complexity index is 1260. The molecule has 4 aromatic rings. The summed E-state index contributed by atoms with van der Waals surface area (Å²) >= 11 is 0. The van der Waals surface area contributed by atoms with Crippen molar-refractivity contribution in [2.24, 2.45) is 7.05 Å². The molecule has 1 N–H and O–H groups in total. The number of rotatable bonds is 8. The van der Waals surface area contributed by atoms with Gasteiger partial charge in [0.25, 0.3) is 0 Å². The van der Waals surface area contributed by atoms with Gasteiger partial charge in [-0.15, -0.1) is 0 Å². The Morgan fingerprint density at radius 1 is 1.13 bits per heavy atom. The molecule has 0 spiro atoms. The van der Waals surface area contributed by atoms with Gasteiger partial charge in [-0.25, -0.2) is 23.1 Å². The van der Waals surface area contributed by atoms with E-state index in [9.17, 15) is 8.42 Å². The van der Waals surface area contributed by atoms with Crippen LogP contribution in [0.3, 0.4) is 0 Å². The molecule has 8 nitrogen and oxygen atoms in total. The van der Waals surface area contributed by atoms with Crippen LogP contribution >= 0.6 is 0 Å².